The van der Waals surface area contributed by atoms with Crippen molar-refractivity contribution < 1.29 is 0 Å². The summed E-state index contributed by atoms with van der Waals surface area (Å²) in [5, 5.41) is 2.36. The monoisotopic (exact) mass is 202 g/mol. The van der Waals surface area contributed by atoms with E-state index in [1.807, 2.05) is 11.8 Å². The molecule has 0 aromatic heterocycles. The second-order valence-corrected chi connectivity index (χ2v) is 7.24. The molecular formula is C10H22N2S. The van der Waals surface area contributed by atoms with Gasteiger partial charge in [-0.2, -0.15) is 0 Å². The van der Waals surface area contributed by atoms with E-state index in [4.69, 9.17) is 0 Å². The molecule has 0 amide bonds. The van der Waals surface area contributed by atoms with Gasteiger partial charge >= 0.3 is 0 Å². The van der Waals surface area contributed by atoms with Crippen LogP contribution in [0.2, 0.25) is 0 Å². The molecule has 2 nitrogen and oxygen atoms in total. The van der Waals surface area contributed by atoms with Crippen LogP contribution < -0.4 is 5.43 Å². The van der Waals surface area contributed by atoms with Crippen LogP contribution in [0.25, 0.3) is 0 Å². The summed E-state index contributed by atoms with van der Waals surface area (Å²) in [6, 6.07) is 0. The molecule has 13 heavy (non-hydrogen) atoms. The third kappa shape index (κ3) is 3.49. The number of hydrogen-bond donors (Lipinski definition) is 1. The second kappa shape index (κ2) is 3.79. The number of hydrazine groups is 1. The predicted octanol–water partition coefficient (Wildman–Crippen LogP) is 2.46. The lowest BCUT2D eigenvalue weighted by Gasteiger charge is -2.47. The Hall–Kier alpha value is 0.270. The van der Waals surface area contributed by atoms with Crippen LogP contribution in [0.1, 0.15) is 41.0 Å². The zero-order valence-corrected chi connectivity index (χ0v) is 10.3. The molecule has 1 heterocycles. The van der Waals surface area contributed by atoms with Crippen LogP contribution in [0.15, 0.2) is 0 Å². The lowest BCUT2D eigenvalue weighted by molar-refractivity contribution is 0.130. The van der Waals surface area contributed by atoms with Gasteiger partial charge in [0.15, 0.2) is 0 Å². The minimum Gasteiger partial charge on any atom is -0.242 e. The number of nitrogens with zero attached hydrogens (tertiary/aromatic N) is 1. The van der Waals surface area contributed by atoms with Gasteiger partial charge in [-0.1, -0.05) is 6.92 Å². The Kier molecular flexibility index (Phi) is 3.31. The van der Waals surface area contributed by atoms with Gasteiger partial charge < -0.3 is 0 Å². The largest absolute Gasteiger partial charge is 0.242 e. The first-order valence-electron chi connectivity index (χ1n) is 5.07. The van der Waals surface area contributed by atoms with Gasteiger partial charge in [0, 0.05) is 17.8 Å². The zero-order valence-electron chi connectivity index (χ0n) is 9.48. The van der Waals surface area contributed by atoms with E-state index < -0.39 is 0 Å². The van der Waals surface area contributed by atoms with Crippen LogP contribution >= 0.6 is 11.8 Å². The Morgan fingerprint density at radius 2 is 1.92 bits per heavy atom. The van der Waals surface area contributed by atoms with E-state index >= 15 is 0 Å². The van der Waals surface area contributed by atoms with Crippen molar-refractivity contribution in [3.05, 3.63) is 0 Å². The topological polar surface area (TPSA) is 15.3 Å². The maximum Gasteiger partial charge on any atom is 0.0726 e. The van der Waals surface area contributed by atoms with Crippen molar-refractivity contribution in [2.75, 3.05) is 13.1 Å². The third-order valence-electron chi connectivity index (χ3n) is 2.02. The normalized spacial score (nSPS) is 27.5. The van der Waals surface area contributed by atoms with Gasteiger partial charge in [-0.3, -0.25) is 0 Å². The average molecular weight is 202 g/mol. The molecule has 1 fully saturated rings. The van der Waals surface area contributed by atoms with E-state index in [-0.39, 0.29) is 4.87 Å². The Morgan fingerprint density at radius 3 is 2.38 bits per heavy atom. The maximum absolute atomic E-state index is 3.55. The first kappa shape index (κ1) is 11.3. The molecule has 0 radical (unpaired) electrons. The van der Waals surface area contributed by atoms with E-state index in [0.29, 0.717) is 4.75 Å². The van der Waals surface area contributed by atoms with Gasteiger partial charge in [0.1, 0.15) is 0 Å². The molecule has 3 heteroatoms. The molecule has 1 aliphatic heterocycles. The van der Waals surface area contributed by atoms with Crippen LogP contribution in [0.4, 0.5) is 0 Å². The van der Waals surface area contributed by atoms with E-state index in [1.165, 1.54) is 6.42 Å². The number of hydrogen-bond acceptors (Lipinski definition) is 3. The summed E-state index contributed by atoms with van der Waals surface area (Å²) in [5.74, 6) is 0. The Labute approximate surface area is 86.4 Å². The lowest BCUT2D eigenvalue weighted by atomic mass is 10.2. The molecule has 0 aromatic carbocycles. The minimum absolute atomic E-state index is 0.178. The summed E-state index contributed by atoms with van der Waals surface area (Å²) >= 11 is 2.02. The number of nitrogens with one attached hydrogen (secondary N) is 1. The van der Waals surface area contributed by atoms with Gasteiger partial charge in [-0.05, 0) is 34.1 Å². The highest BCUT2D eigenvalue weighted by molar-refractivity contribution is 8.01. The van der Waals surface area contributed by atoms with E-state index in [0.717, 1.165) is 13.1 Å². The molecule has 1 saturated heterocycles. The SMILES string of the molecule is CCCN1CC(C)(C)SC(C)(C)N1. The average Bonchev–Trinajstić information content (AvgIpc) is 1.78. The molecule has 1 aliphatic rings. The van der Waals surface area contributed by atoms with Crippen molar-refractivity contribution in [2.24, 2.45) is 0 Å². The van der Waals surface area contributed by atoms with E-state index in [1.54, 1.807) is 0 Å². The molecule has 0 atom stereocenters. The Morgan fingerprint density at radius 1 is 1.31 bits per heavy atom. The van der Waals surface area contributed by atoms with Gasteiger partial charge in [-0.25, -0.2) is 10.4 Å². The van der Waals surface area contributed by atoms with Crippen molar-refractivity contribution in [1.82, 2.24) is 10.4 Å². The summed E-state index contributed by atoms with van der Waals surface area (Å²) in [6.07, 6.45) is 1.21. The van der Waals surface area contributed by atoms with Gasteiger partial charge in [-0.15, -0.1) is 11.8 Å². The number of thioether (sulfide) groups is 1. The summed E-state index contributed by atoms with van der Waals surface area (Å²) in [7, 11) is 0. The van der Waals surface area contributed by atoms with Crippen LogP contribution in [0.3, 0.4) is 0 Å². The van der Waals surface area contributed by atoms with Crippen LogP contribution in [0.5, 0.6) is 0 Å². The highest BCUT2D eigenvalue weighted by Crippen LogP contribution is 2.38. The molecule has 1 rings (SSSR count). The van der Waals surface area contributed by atoms with Gasteiger partial charge in [0.2, 0.25) is 0 Å². The zero-order chi connectivity index (χ0) is 10.1. The molecule has 0 saturated carbocycles. The van der Waals surface area contributed by atoms with E-state index in [2.05, 4.69) is 45.1 Å². The molecule has 0 bridgehead atoms. The molecule has 0 aliphatic carbocycles. The predicted molar refractivity (Wildman–Crippen MR) is 60.7 cm³/mol. The van der Waals surface area contributed by atoms with Crippen molar-refractivity contribution in [3.63, 3.8) is 0 Å². The fourth-order valence-corrected chi connectivity index (χ4v) is 3.81. The molecular weight excluding hydrogens is 180 g/mol. The fraction of sp³-hybridized carbons (Fsp3) is 1.00. The first-order chi connectivity index (χ1) is 5.85. The summed E-state index contributed by atoms with van der Waals surface area (Å²) in [4.78, 5) is 0.178. The van der Waals surface area contributed by atoms with E-state index in [9.17, 15) is 0 Å². The fourth-order valence-electron chi connectivity index (χ4n) is 2.03. The summed E-state index contributed by atoms with van der Waals surface area (Å²) < 4.78 is 0.365. The molecule has 0 unspecified atom stereocenters. The minimum atomic E-state index is 0.178. The first-order valence-corrected chi connectivity index (χ1v) is 5.89. The van der Waals surface area contributed by atoms with Crippen molar-refractivity contribution in [3.8, 4) is 0 Å². The molecule has 0 spiro atoms. The van der Waals surface area contributed by atoms with Crippen molar-refractivity contribution >= 4 is 11.8 Å². The van der Waals surface area contributed by atoms with Gasteiger partial charge in [0.05, 0.1) is 4.87 Å². The lowest BCUT2D eigenvalue weighted by Crippen LogP contribution is -2.59. The highest BCUT2D eigenvalue weighted by Gasteiger charge is 2.37. The Balaban J connectivity index is 2.61. The van der Waals surface area contributed by atoms with Crippen LogP contribution in [-0.4, -0.2) is 27.7 Å². The quantitative estimate of drug-likeness (QED) is 0.740. The summed E-state index contributed by atoms with van der Waals surface area (Å²) in [6.45, 7) is 13.7. The van der Waals surface area contributed by atoms with Crippen LogP contribution in [-0.2, 0) is 0 Å². The maximum atomic E-state index is 3.55. The van der Waals surface area contributed by atoms with Gasteiger partial charge in [0.25, 0.3) is 0 Å². The second-order valence-electron chi connectivity index (χ2n) is 4.91. The molecule has 78 valence electrons. The number of rotatable bonds is 2. The highest BCUT2D eigenvalue weighted by atomic mass is 32.2. The standard InChI is InChI=1S/C10H22N2S/c1-6-7-12-8-9(2,3)13-10(4,5)11-12/h11H,6-8H2,1-5H3. The third-order valence-corrected chi connectivity index (χ3v) is 3.31. The van der Waals surface area contributed by atoms with Crippen molar-refractivity contribution in [1.29, 1.82) is 0 Å². The smallest absolute Gasteiger partial charge is 0.0726 e. The summed E-state index contributed by atoms with van der Waals surface area (Å²) in [5.41, 5.74) is 3.55. The van der Waals surface area contributed by atoms with Crippen LogP contribution in [0, 0.1) is 0 Å². The van der Waals surface area contributed by atoms with Crippen molar-refractivity contribution in [2.45, 2.75) is 50.7 Å². The molecule has 0 aromatic rings. The Bertz CT molecular complexity index is 162. The molecule has 1 N–H and O–H groups in total.